The lowest BCUT2D eigenvalue weighted by atomic mass is 9.88. The van der Waals surface area contributed by atoms with E-state index in [0.717, 1.165) is 31.2 Å². The maximum Gasteiger partial charge on any atom is 0.268 e. The number of carbonyl (C=O) groups is 2. The molecule has 3 N–H and O–H groups in total. The Hall–Kier alpha value is -2.28. The van der Waals surface area contributed by atoms with Gasteiger partial charge in [-0.25, -0.2) is 0 Å². The Labute approximate surface area is 195 Å². The Morgan fingerprint density at radius 3 is 2.26 bits per heavy atom. The van der Waals surface area contributed by atoms with Crippen molar-refractivity contribution in [2.75, 3.05) is 5.01 Å². The van der Waals surface area contributed by atoms with Gasteiger partial charge in [0.25, 0.3) is 5.91 Å². The van der Waals surface area contributed by atoms with Gasteiger partial charge < -0.3 is 11.1 Å². The molecule has 0 aromatic heterocycles. The van der Waals surface area contributed by atoms with E-state index in [0.29, 0.717) is 20.8 Å². The molecule has 9 heteroatoms. The highest BCUT2D eigenvalue weighted by molar-refractivity contribution is 6.44. The number of hydrogen-bond donors (Lipinski definition) is 2. The first-order valence-electron chi connectivity index (χ1n) is 10.0. The van der Waals surface area contributed by atoms with Crippen LogP contribution in [-0.2, 0) is 9.59 Å². The topological polar surface area (TPSA) is 87.8 Å². The summed E-state index contributed by atoms with van der Waals surface area (Å²) < 4.78 is 0. The Bertz CT molecular complexity index is 1040. The minimum atomic E-state index is -0.964. The first-order chi connectivity index (χ1) is 14.8. The molecule has 0 saturated heterocycles. The summed E-state index contributed by atoms with van der Waals surface area (Å²) in [6.45, 7) is 0. The zero-order valence-electron chi connectivity index (χ0n) is 16.5. The monoisotopic (exact) mass is 478 g/mol. The molecule has 1 fully saturated rings. The molecule has 0 spiro atoms. The van der Waals surface area contributed by atoms with E-state index in [1.165, 1.54) is 0 Å². The first-order valence-corrected chi connectivity index (χ1v) is 11.2. The second-order valence-corrected chi connectivity index (χ2v) is 9.04. The lowest BCUT2D eigenvalue weighted by molar-refractivity contribution is -0.122. The van der Waals surface area contributed by atoms with Gasteiger partial charge in [-0.15, -0.1) is 0 Å². The molecular weight excluding hydrogens is 459 g/mol. The van der Waals surface area contributed by atoms with Gasteiger partial charge in [-0.05, 0) is 48.7 Å². The molecule has 162 valence electrons. The van der Waals surface area contributed by atoms with Gasteiger partial charge in [-0.3, -0.25) is 14.6 Å². The quantitative estimate of drug-likeness (QED) is 0.650. The summed E-state index contributed by atoms with van der Waals surface area (Å²) in [5.41, 5.74) is 7.11. The number of amides is 2. The number of anilines is 1. The molecule has 0 radical (unpaired) electrons. The minimum absolute atomic E-state index is 0.0744. The molecule has 31 heavy (non-hydrogen) atoms. The summed E-state index contributed by atoms with van der Waals surface area (Å²) >= 11 is 18.6. The van der Waals surface area contributed by atoms with E-state index in [1.54, 1.807) is 47.5 Å². The van der Waals surface area contributed by atoms with Crippen LogP contribution in [0.1, 0.15) is 37.3 Å². The van der Waals surface area contributed by atoms with Crippen LogP contribution in [0.5, 0.6) is 0 Å². The number of nitrogens with one attached hydrogen (secondary N) is 1. The van der Waals surface area contributed by atoms with Gasteiger partial charge >= 0.3 is 0 Å². The lowest BCUT2D eigenvalue weighted by Gasteiger charge is -2.28. The fourth-order valence-corrected chi connectivity index (χ4v) is 4.82. The van der Waals surface area contributed by atoms with Crippen molar-refractivity contribution >= 4 is 58.0 Å². The molecule has 1 aliphatic heterocycles. The average molecular weight is 480 g/mol. The molecule has 0 bridgehead atoms. The van der Waals surface area contributed by atoms with Gasteiger partial charge in [0.1, 0.15) is 11.6 Å². The van der Waals surface area contributed by atoms with Gasteiger partial charge in [0.05, 0.1) is 16.8 Å². The van der Waals surface area contributed by atoms with E-state index in [-0.39, 0.29) is 17.7 Å². The number of carbonyl (C=O) groups excluding carboxylic acids is 2. The first kappa shape index (κ1) is 21.9. The molecule has 6 nitrogen and oxygen atoms in total. The van der Waals surface area contributed by atoms with Crippen LogP contribution in [0.4, 0.5) is 5.69 Å². The summed E-state index contributed by atoms with van der Waals surface area (Å²) in [5.74, 6) is -2.00. The summed E-state index contributed by atoms with van der Waals surface area (Å²) in [7, 11) is 0. The van der Waals surface area contributed by atoms with E-state index in [4.69, 9.17) is 40.5 Å². The van der Waals surface area contributed by atoms with Crippen LogP contribution in [0.25, 0.3) is 0 Å². The second-order valence-electron chi connectivity index (χ2n) is 7.76. The Morgan fingerprint density at radius 1 is 1.00 bits per heavy atom. The van der Waals surface area contributed by atoms with Crippen molar-refractivity contribution in [3.05, 3.63) is 63.1 Å². The van der Waals surface area contributed by atoms with Crippen molar-refractivity contribution in [3.63, 3.8) is 0 Å². The van der Waals surface area contributed by atoms with Crippen LogP contribution in [0.15, 0.2) is 47.6 Å². The van der Waals surface area contributed by atoms with E-state index in [1.807, 2.05) is 0 Å². The molecule has 1 saturated carbocycles. The molecule has 2 aromatic rings. The fraction of sp³-hybridized carbons (Fsp3) is 0.318. The highest BCUT2D eigenvalue weighted by atomic mass is 35.5. The SMILES string of the molecule is NC(=O)C1C(C(=O)NC2CCCC2)=NN(c2ccc(Cl)cc2Cl)C1c1ccc(Cl)cc1. The van der Waals surface area contributed by atoms with E-state index in [2.05, 4.69) is 10.4 Å². The number of hydrazone groups is 1. The van der Waals surface area contributed by atoms with Crippen molar-refractivity contribution in [1.29, 1.82) is 0 Å². The molecule has 2 aliphatic rings. The fourth-order valence-electron chi connectivity index (χ4n) is 4.20. The van der Waals surface area contributed by atoms with Crippen LogP contribution < -0.4 is 16.1 Å². The van der Waals surface area contributed by atoms with Crippen molar-refractivity contribution < 1.29 is 9.59 Å². The number of nitrogens with two attached hydrogens (primary N) is 1. The second kappa shape index (κ2) is 9.07. The van der Waals surface area contributed by atoms with Crippen molar-refractivity contribution in [3.8, 4) is 0 Å². The zero-order valence-corrected chi connectivity index (χ0v) is 18.8. The van der Waals surface area contributed by atoms with Gasteiger partial charge in [-0.1, -0.05) is 59.8 Å². The third-order valence-electron chi connectivity index (χ3n) is 5.69. The number of halogens is 3. The number of nitrogens with zero attached hydrogens (tertiary/aromatic N) is 2. The van der Waals surface area contributed by atoms with E-state index < -0.39 is 17.9 Å². The van der Waals surface area contributed by atoms with Crippen LogP contribution >= 0.6 is 34.8 Å². The van der Waals surface area contributed by atoms with Gasteiger partial charge in [0, 0.05) is 16.1 Å². The smallest absolute Gasteiger partial charge is 0.268 e. The summed E-state index contributed by atoms with van der Waals surface area (Å²) in [5, 5.41) is 10.5. The summed E-state index contributed by atoms with van der Waals surface area (Å²) in [6, 6.07) is 11.4. The molecule has 1 aliphatic carbocycles. The molecule has 2 aromatic carbocycles. The Morgan fingerprint density at radius 2 is 1.65 bits per heavy atom. The molecule has 2 unspecified atom stereocenters. The molecule has 1 heterocycles. The molecule has 2 amide bonds. The van der Waals surface area contributed by atoms with Gasteiger partial charge in [0.2, 0.25) is 5.91 Å². The maximum absolute atomic E-state index is 13.1. The van der Waals surface area contributed by atoms with Gasteiger partial charge in [-0.2, -0.15) is 5.10 Å². The molecule has 2 atom stereocenters. The van der Waals surface area contributed by atoms with Crippen LogP contribution in [0, 0.1) is 5.92 Å². The van der Waals surface area contributed by atoms with Crippen LogP contribution in [0.3, 0.4) is 0 Å². The van der Waals surface area contributed by atoms with Crippen molar-refractivity contribution in [1.82, 2.24) is 5.32 Å². The predicted molar refractivity (Wildman–Crippen MR) is 124 cm³/mol. The Balaban J connectivity index is 1.78. The van der Waals surface area contributed by atoms with E-state index in [9.17, 15) is 9.59 Å². The number of primary amides is 1. The average Bonchev–Trinajstić information content (AvgIpc) is 3.36. The lowest BCUT2D eigenvalue weighted by Crippen LogP contribution is -2.44. The molecular formula is C22H21Cl3N4O2. The third-order valence-corrected chi connectivity index (χ3v) is 6.48. The highest BCUT2D eigenvalue weighted by Crippen LogP contribution is 2.42. The van der Waals surface area contributed by atoms with Crippen molar-refractivity contribution in [2.45, 2.75) is 37.8 Å². The normalized spacial score (nSPS) is 21.3. The van der Waals surface area contributed by atoms with Crippen molar-refractivity contribution in [2.24, 2.45) is 16.8 Å². The zero-order chi connectivity index (χ0) is 22.1. The van der Waals surface area contributed by atoms with Crippen LogP contribution in [-0.4, -0.2) is 23.6 Å². The summed E-state index contributed by atoms with van der Waals surface area (Å²) in [4.78, 5) is 25.7. The van der Waals surface area contributed by atoms with Crippen LogP contribution in [0.2, 0.25) is 15.1 Å². The largest absolute Gasteiger partial charge is 0.369 e. The third kappa shape index (κ3) is 4.52. The van der Waals surface area contributed by atoms with Gasteiger partial charge in [0.15, 0.2) is 0 Å². The highest BCUT2D eigenvalue weighted by Gasteiger charge is 2.46. The molecule has 4 rings (SSSR count). The number of hydrogen-bond acceptors (Lipinski definition) is 4. The summed E-state index contributed by atoms with van der Waals surface area (Å²) in [6.07, 6.45) is 3.95. The number of rotatable bonds is 5. The predicted octanol–water partition coefficient (Wildman–Crippen LogP) is 4.72. The number of benzene rings is 2. The minimum Gasteiger partial charge on any atom is -0.369 e. The van der Waals surface area contributed by atoms with E-state index >= 15 is 0 Å². The Kier molecular flexibility index (Phi) is 6.42. The maximum atomic E-state index is 13.1. The standard InChI is InChI=1S/C22H21Cl3N4O2/c23-13-7-5-12(6-8-13)20-18(21(26)30)19(22(31)27-15-3-1-2-4-15)28-29(20)17-10-9-14(24)11-16(17)25/h5-11,15,18,20H,1-4H2,(H2,26,30)(H,27,31).